The van der Waals surface area contributed by atoms with Crippen molar-refractivity contribution in [3.63, 3.8) is 0 Å². The fraction of sp³-hybridized carbons (Fsp3) is 0.500. The minimum Gasteiger partial charge on any atom is -0.393 e. The van der Waals surface area contributed by atoms with Crippen molar-refractivity contribution in [1.29, 1.82) is 0 Å². The van der Waals surface area contributed by atoms with Crippen LogP contribution in [-0.4, -0.2) is 23.0 Å². The first-order valence-electron chi connectivity index (χ1n) is 6.22. The van der Waals surface area contributed by atoms with E-state index in [1.165, 1.54) is 0 Å². The third kappa shape index (κ3) is 3.94. The Kier molecular flexibility index (Phi) is 6.06. The van der Waals surface area contributed by atoms with E-state index in [2.05, 4.69) is 31.9 Å². The van der Waals surface area contributed by atoms with Crippen LogP contribution in [0.1, 0.15) is 38.3 Å². The molecule has 0 spiro atoms. The van der Waals surface area contributed by atoms with Gasteiger partial charge < -0.3 is 5.73 Å². The summed E-state index contributed by atoms with van der Waals surface area (Å²) in [6.07, 6.45) is 1.76. The highest BCUT2D eigenvalue weighted by Gasteiger charge is 2.21. The first kappa shape index (κ1) is 15.4. The monoisotopic (exact) mass is 284 g/mol. The molecule has 0 radical (unpaired) electrons. The summed E-state index contributed by atoms with van der Waals surface area (Å²) in [4.78, 5) is 2.86. The maximum absolute atomic E-state index is 6.24. The SMILES string of the molecule is CCC(CC(N)=S)N(C)C(C)c1ccccc1Cl. The number of rotatable bonds is 6. The summed E-state index contributed by atoms with van der Waals surface area (Å²) < 4.78 is 0. The van der Waals surface area contributed by atoms with Crippen LogP contribution in [-0.2, 0) is 0 Å². The Morgan fingerprint density at radius 1 is 1.44 bits per heavy atom. The Morgan fingerprint density at radius 3 is 2.56 bits per heavy atom. The molecule has 0 heterocycles. The molecule has 0 aliphatic carbocycles. The molecule has 1 aromatic rings. The van der Waals surface area contributed by atoms with Crippen molar-refractivity contribution >= 4 is 28.8 Å². The fourth-order valence-corrected chi connectivity index (χ4v) is 2.64. The van der Waals surface area contributed by atoms with E-state index in [0.29, 0.717) is 11.0 Å². The van der Waals surface area contributed by atoms with E-state index in [1.807, 2.05) is 18.2 Å². The van der Waals surface area contributed by atoms with Gasteiger partial charge in [-0.1, -0.05) is 48.9 Å². The maximum atomic E-state index is 6.24. The van der Waals surface area contributed by atoms with Gasteiger partial charge in [-0.15, -0.1) is 0 Å². The molecule has 2 atom stereocenters. The van der Waals surface area contributed by atoms with Crippen LogP contribution in [0.5, 0.6) is 0 Å². The van der Waals surface area contributed by atoms with Crippen molar-refractivity contribution in [2.24, 2.45) is 5.73 Å². The zero-order valence-corrected chi connectivity index (χ0v) is 12.8. The van der Waals surface area contributed by atoms with Gasteiger partial charge in [0, 0.05) is 23.5 Å². The number of nitrogens with zero attached hydrogens (tertiary/aromatic N) is 1. The molecule has 0 saturated heterocycles. The van der Waals surface area contributed by atoms with Crippen LogP contribution >= 0.6 is 23.8 Å². The molecule has 0 aliphatic heterocycles. The lowest BCUT2D eigenvalue weighted by molar-refractivity contribution is 0.184. The summed E-state index contributed by atoms with van der Waals surface area (Å²) in [7, 11) is 2.10. The molecule has 0 fully saturated rings. The van der Waals surface area contributed by atoms with Crippen molar-refractivity contribution in [3.05, 3.63) is 34.9 Å². The van der Waals surface area contributed by atoms with Gasteiger partial charge in [-0.05, 0) is 32.0 Å². The Bertz CT molecular complexity index is 409. The first-order chi connectivity index (χ1) is 8.47. The van der Waals surface area contributed by atoms with E-state index in [9.17, 15) is 0 Å². The lowest BCUT2D eigenvalue weighted by Crippen LogP contribution is -2.36. The number of halogens is 1. The van der Waals surface area contributed by atoms with Gasteiger partial charge in [0.1, 0.15) is 0 Å². The van der Waals surface area contributed by atoms with Crippen molar-refractivity contribution in [3.8, 4) is 0 Å². The molecule has 1 aromatic carbocycles. The van der Waals surface area contributed by atoms with Crippen molar-refractivity contribution < 1.29 is 0 Å². The highest BCUT2D eigenvalue weighted by Crippen LogP contribution is 2.28. The van der Waals surface area contributed by atoms with E-state index in [4.69, 9.17) is 29.6 Å². The van der Waals surface area contributed by atoms with Crippen molar-refractivity contribution in [2.75, 3.05) is 7.05 Å². The fourth-order valence-electron chi connectivity index (χ4n) is 2.16. The topological polar surface area (TPSA) is 29.3 Å². The Hall–Kier alpha value is -0.640. The molecule has 100 valence electrons. The molecule has 4 heteroatoms. The van der Waals surface area contributed by atoms with Gasteiger partial charge in [0.2, 0.25) is 0 Å². The summed E-state index contributed by atoms with van der Waals surface area (Å²) in [6.45, 7) is 4.31. The van der Waals surface area contributed by atoms with Crippen LogP contribution in [0.15, 0.2) is 24.3 Å². The first-order valence-corrected chi connectivity index (χ1v) is 7.00. The zero-order valence-electron chi connectivity index (χ0n) is 11.2. The summed E-state index contributed by atoms with van der Waals surface area (Å²) in [5.74, 6) is 0. The maximum Gasteiger partial charge on any atom is 0.0743 e. The van der Waals surface area contributed by atoms with Crippen LogP contribution in [0.4, 0.5) is 0 Å². The van der Waals surface area contributed by atoms with Gasteiger partial charge in [-0.3, -0.25) is 4.90 Å². The smallest absolute Gasteiger partial charge is 0.0743 e. The van der Waals surface area contributed by atoms with Crippen LogP contribution in [0, 0.1) is 0 Å². The molecule has 2 N–H and O–H groups in total. The number of thiocarbonyl (C=S) groups is 1. The van der Waals surface area contributed by atoms with E-state index < -0.39 is 0 Å². The molecule has 0 bridgehead atoms. The molecule has 18 heavy (non-hydrogen) atoms. The summed E-state index contributed by atoms with van der Waals surface area (Å²) in [5.41, 5.74) is 6.80. The number of hydrogen-bond donors (Lipinski definition) is 1. The minimum atomic E-state index is 0.248. The highest BCUT2D eigenvalue weighted by molar-refractivity contribution is 7.80. The highest BCUT2D eigenvalue weighted by atomic mass is 35.5. The molecule has 1 rings (SSSR count). The Morgan fingerprint density at radius 2 is 2.06 bits per heavy atom. The zero-order chi connectivity index (χ0) is 13.7. The predicted octanol–water partition coefficient (Wildman–Crippen LogP) is 3.79. The van der Waals surface area contributed by atoms with Gasteiger partial charge >= 0.3 is 0 Å². The van der Waals surface area contributed by atoms with E-state index in [1.54, 1.807) is 0 Å². The van der Waals surface area contributed by atoms with Crippen LogP contribution in [0.3, 0.4) is 0 Å². The lowest BCUT2D eigenvalue weighted by Gasteiger charge is -2.33. The Balaban J connectivity index is 2.85. The van der Waals surface area contributed by atoms with Crippen molar-refractivity contribution in [1.82, 2.24) is 4.90 Å². The average Bonchev–Trinajstić information content (AvgIpc) is 2.34. The van der Waals surface area contributed by atoms with Crippen LogP contribution in [0.2, 0.25) is 5.02 Å². The number of benzene rings is 1. The summed E-state index contributed by atoms with van der Waals surface area (Å²) >= 11 is 11.3. The summed E-state index contributed by atoms with van der Waals surface area (Å²) in [5, 5.41) is 0.807. The van der Waals surface area contributed by atoms with Gasteiger partial charge in [-0.2, -0.15) is 0 Å². The van der Waals surface area contributed by atoms with Gasteiger partial charge in [0.15, 0.2) is 0 Å². The lowest BCUT2D eigenvalue weighted by atomic mass is 10.0. The van der Waals surface area contributed by atoms with E-state index in [-0.39, 0.29) is 6.04 Å². The summed E-state index contributed by atoms with van der Waals surface area (Å²) in [6, 6.07) is 8.56. The quantitative estimate of drug-likeness (QED) is 0.806. The molecule has 2 unspecified atom stereocenters. The average molecular weight is 285 g/mol. The minimum absolute atomic E-state index is 0.248. The third-order valence-electron chi connectivity index (χ3n) is 3.45. The third-order valence-corrected chi connectivity index (χ3v) is 3.96. The van der Waals surface area contributed by atoms with Gasteiger partial charge in [-0.25, -0.2) is 0 Å². The van der Waals surface area contributed by atoms with E-state index >= 15 is 0 Å². The van der Waals surface area contributed by atoms with Crippen LogP contribution < -0.4 is 5.73 Å². The second-order valence-corrected chi connectivity index (χ2v) is 5.53. The molecule has 0 aromatic heterocycles. The van der Waals surface area contributed by atoms with Crippen molar-refractivity contribution in [2.45, 2.75) is 38.8 Å². The van der Waals surface area contributed by atoms with Gasteiger partial charge in [0.05, 0.1) is 4.99 Å². The Labute approximate surface area is 120 Å². The standard InChI is InChI=1S/C14H21ClN2S/c1-4-11(9-14(16)18)17(3)10(2)12-7-5-6-8-13(12)15/h5-8,10-11H,4,9H2,1-3H3,(H2,16,18). The molecule has 0 aliphatic rings. The normalized spacial score (nSPS) is 14.5. The second-order valence-electron chi connectivity index (χ2n) is 4.60. The largest absolute Gasteiger partial charge is 0.393 e. The molecule has 2 nitrogen and oxygen atoms in total. The molecule has 0 amide bonds. The number of hydrogen-bond acceptors (Lipinski definition) is 2. The van der Waals surface area contributed by atoms with Crippen LogP contribution in [0.25, 0.3) is 0 Å². The van der Waals surface area contributed by atoms with Gasteiger partial charge in [0.25, 0.3) is 0 Å². The molecular weight excluding hydrogens is 264 g/mol. The predicted molar refractivity (Wildman–Crippen MR) is 83.1 cm³/mol. The van der Waals surface area contributed by atoms with E-state index in [0.717, 1.165) is 23.4 Å². The number of nitrogens with two attached hydrogens (primary N) is 1. The second kappa shape index (κ2) is 7.07. The molecular formula is C14H21ClN2S. The molecule has 0 saturated carbocycles.